The van der Waals surface area contributed by atoms with Gasteiger partial charge in [0.15, 0.2) is 5.82 Å². The van der Waals surface area contributed by atoms with E-state index < -0.39 is 5.60 Å². The van der Waals surface area contributed by atoms with Gasteiger partial charge in [0.25, 0.3) is 0 Å². The Hall–Kier alpha value is -2.83. The summed E-state index contributed by atoms with van der Waals surface area (Å²) in [5.41, 5.74) is 0.630. The summed E-state index contributed by atoms with van der Waals surface area (Å²) in [5, 5.41) is 2.81. The van der Waals surface area contributed by atoms with Gasteiger partial charge < -0.3 is 19.5 Å². The molecule has 1 aliphatic heterocycles. The molecule has 0 atom stereocenters. The number of carbonyl (C=O) groups excluding carboxylic acids is 2. The molecule has 7 nitrogen and oxygen atoms in total. The van der Waals surface area contributed by atoms with E-state index in [1.165, 1.54) is 4.90 Å². The Bertz CT molecular complexity index is 774. The lowest BCUT2D eigenvalue weighted by Gasteiger charge is -2.38. The zero-order valence-corrected chi connectivity index (χ0v) is 15.3. The van der Waals surface area contributed by atoms with Gasteiger partial charge in [-0.05, 0) is 26.3 Å². The topological polar surface area (TPSA) is 76.5 Å². The molecule has 138 valence electrons. The number of ether oxygens (including phenoxy) is 1. The van der Waals surface area contributed by atoms with E-state index in [1.807, 2.05) is 55.7 Å². The highest BCUT2D eigenvalue weighted by Gasteiger charge is 2.38. The molecule has 1 fully saturated rings. The molecule has 0 radical (unpaired) electrons. The molecule has 2 heterocycles. The lowest BCUT2D eigenvalue weighted by molar-refractivity contribution is -0.124. The maximum Gasteiger partial charge on any atom is 0.410 e. The third-order valence-corrected chi connectivity index (χ3v) is 4.00. The Morgan fingerprint density at radius 2 is 1.92 bits per heavy atom. The van der Waals surface area contributed by atoms with Crippen LogP contribution < -0.4 is 5.32 Å². The van der Waals surface area contributed by atoms with Crippen LogP contribution in [0.25, 0.3) is 0 Å². The van der Waals surface area contributed by atoms with Gasteiger partial charge in [-0.1, -0.05) is 30.3 Å². The van der Waals surface area contributed by atoms with Crippen molar-refractivity contribution in [2.24, 2.45) is 5.92 Å². The zero-order chi connectivity index (χ0) is 18.7. The van der Waals surface area contributed by atoms with Crippen LogP contribution in [0.3, 0.4) is 0 Å². The Balaban J connectivity index is 1.47. The number of imidazole rings is 1. The number of anilines is 1. The van der Waals surface area contributed by atoms with E-state index >= 15 is 0 Å². The number of hydrogen-bond acceptors (Lipinski definition) is 4. The summed E-state index contributed by atoms with van der Waals surface area (Å²) in [4.78, 5) is 29.9. The second kappa shape index (κ2) is 7.19. The molecule has 0 aliphatic carbocycles. The van der Waals surface area contributed by atoms with Gasteiger partial charge in [0, 0.05) is 25.8 Å². The van der Waals surface area contributed by atoms with Gasteiger partial charge in [0.2, 0.25) is 5.91 Å². The third kappa shape index (κ3) is 4.62. The van der Waals surface area contributed by atoms with Gasteiger partial charge in [-0.2, -0.15) is 0 Å². The second-order valence-electron chi connectivity index (χ2n) is 7.49. The van der Waals surface area contributed by atoms with Crippen molar-refractivity contribution in [3.63, 3.8) is 0 Å². The highest BCUT2D eigenvalue weighted by atomic mass is 16.6. The summed E-state index contributed by atoms with van der Waals surface area (Å²) in [6.45, 7) is 6.89. The first-order valence-electron chi connectivity index (χ1n) is 8.65. The number of rotatable bonds is 4. The summed E-state index contributed by atoms with van der Waals surface area (Å²) in [7, 11) is 0. The first-order chi connectivity index (χ1) is 12.3. The molecule has 0 spiro atoms. The van der Waals surface area contributed by atoms with E-state index in [4.69, 9.17) is 4.74 Å². The third-order valence-electron chi connectivity index (χ3n) is 4.00. The minimum Gasteiger partial charge on any atom is -0.444 e. The van der Waals surface area contributed by atoms with Crippen molar-refractivity contribution in [2.75, 3.05) is 18.4 Å². The lowest BCUT2D eigenvalue weighted by atomic mass is 10.00. The van der Waals surface area contributed by atoms with E-state index in [9.17, 15) is 9.59 Å². The van der Waals surface area contributed by atoms with Crippen molar-refractivity contribution < 1.29 is 14.3 Å². The van der Waals surface area contributed by atoms with Gasteiger partial charge in [-0.25, -0.2) is 9.78 Å². The van der Waals surface area contributed by atoms with Gasteiger partial charge in [-0.3, -0.25) is 4.79 Å². The molecule has 1 aromatic heterocycles. The standard InChI is InChI=1S/C19H24N4O3/c1-19(2,3)26-18(25)23-10-15(11-23)17(24)21-16-12-22(13-20-16)9-14-7-5-4-6-8-14/h4-8,12-13,15H,9-11H2,1-3H3,(H,21,24). The molecule has 1 N–H and O–H groups in total. The number of hydrogen-bond donors (Lipinski definition) is 1. The Morgan fingerprint density at radius 1 is 1.23 bits per heavy atom. The highest BCUT2D eigenvalue weighted by Crippen LogP contribution is 2.21. The molecule has 0 bridgehead atoms. The molecule has 1 aliphatic rings. The van der Waals surface area contributed by atoms with Gasteiger partial charge in [0.1, 0.15) is 5.60 Å². The number of amides is 2. The van der Waals surface area contributed by atoms with E-state index in [1.54, 1.807) is 12.5 Å². The molecule has 1 saturated heterocycles. The fourth-order valence-electron chi connectivity index (χ4n) is 2.65. The molecule has 0 unspecified atom stereocenters. The second-order valence-corrected chi connectivity index (χ2v) is 7.49. The molecule has 1 aromatic carbocycles. The molecule has 2 amide bonds. The van der Waals surface area contributed by atoms with Crippen molar-refractivity contribution in [1.29, 1.82) is 0 Å². The first kappa shape index (κ1) is 18.0. The lowest BCUT2D eigenvalue weighted by Crippen LogP contribution is -2.55. The Morgan fingerprint density at radius 3 is 2.58 bits per heavy atom. The molecule has 2 aromatic rings. The van der Waals surface area contributed by atoms with Crippen LogP contribution >= 0.6 is 0 Å². The molecular weight excluding hydrogens is 332 g/mol. The summed E-state index contributed by atoms with van der Waals surface area (Å²) in [6, 6.07) is 10.0. The van der Waals surface area contributed by atoms with E-state index in [2.05, 4.69) is 10.3 Å². The average molecular weight is 356 g/mol. The molecule has 7 heteroatoms. The predicted octanol–water partition coefficient (Wildman–Crippen LogP) is 2.74. The summed E-state index contributed by atoms with van der Waals surface area (Å²) in [5.74, 6) is 0.151. The maximum atomic E-state index is 12.3. The molecular formula is C19H24N4O3. The monoisotopic (exact) mass is 356 g/mol. The van der Waals surface area contributed by atoms with E-state index in [0.717, 1.165) is 5.56 Å². The van der Waals surface area contributed by atoms with Crippen molar-refractivity contribution >= 4 is 17.8 Å². The maximum absolute atomic E-state index is 12.3. The quantitative estimate of drug-likeness (QED) is 0.914. The summed E-state index contributed by atoms with van der Waals surface area (Å²) < 4.78 is 7.20. The molecule has 3 rings (SSSR count). The van der Waals surface area contributed by atoms with Crippen LogP contribution in [0, 0.1) is 5.92 Å². The van der Waals surface area contributed by atoms with Crippen molar-refractivity contribution in [3.8, 4) is 0 Å². The van der Waals surface area contributed by atoms with Crippen LogP contribution in [-0.4, -0.2) is 45.1 Å². The van der Waals surface area contributed by atoms with Gasteiger partial charge >= 0.3 is 6.09 Å². The molecule has 26 heavy (non-hydrogen) atoms. The summed E-state index contributed by atoms with van der Waals surface area (Å²) >= 11 is 0. The largest absolute Gasteiger partial charge is 0.444 e. The average Bonchev–Trinajstić information content (AvgIpc) is 2.91. The van der Waals surface area contributed by atoms with Gasteiger partial charge in [-0.15, -0.1) is 0 Å². The minimum atomic E-state index is -0.532. The number of carbonyl (C=O) groups is 2. The summed E-state index contributed by atoms with van der Waals surface area (Å²) in [6.07, 6.45) is 3.11. The number of nitrogens with one attached hydrogen (secondary N) is 1. The fourth-order valence-corrected chi connectivity index (χ4v) is 2.65. The van der Waals surface area contributed by atoms with Crippen LogP contribution in [0.4, 0.5) is 10.6 Å². The Kier molecular flexibility index (Phi) is 4.97. The molecule has 0 saturated carbocycles. The van der Waals surface area contributed by atoms with Crippen LogP contribution in [0.2, 0.25) is 0 Å². The van der Waals surface area contributed by atoms with Crippen LogP contribution in [0.1, 0.15) is 26.3 Å². The number of nitrogens with zero attached hydrogens (tertiary/aromatic N) is 3. The van der Waals surface area contributed by atoms with Crippen LogP contribution in [0.15, 0.2) is 42.9 Å². The SMILES string of the molecule is CC(C)(C)OC(=O)N1CC(C(=O)Nc2cn(Cc3ccccc3)cn2)C1. The number of aromatic nitrogens is 2. The van der Waals surface area contributed by atoms with Crippen molar-refractivity contribution in [2.45, 2.75) is 32.9 Å². The normalized spacial score (nSPS) is 14.7. The smallest absolute Gasteiger partial charge is 0.410 e. The first-order valence-corrected chi connectivity index (χ1v) is 8.65. The minimum absolute atomic E-state index is 0.130. The van der Waals surface area contributed by atoms with Crippen LogP contribution in [-0.2, 0) is 16.1 Å². The van der Waals surface area contributed by atoms with Crippen molar-refractivity contribution in [3.05, 3.63) is 48.4 Å². The predicted molar refractivity (Wildman–Crippen MR) is 97.7 cm³/mol. The van der Waals surface area contributed by atoms with Crippen molar-refractivity contribution in [1.82, 2.24) is 14.5 Å². The Labute approximate surface area is 153 Å². The highest BCUT2D eigenvalue weighted by molar-refractivity contribution is 5.93. The van der Waals surface area contributed by atoms with Crippen LogP contribution in [0.5, 0.6) is 0 Å². The number of benzene rings is 1. The fraction of sp³-hybridized carbons (Fsp3) is 0.421. The zero-order valence-electron chi connectivity index (χ0n) is 15.3. The van der Waals surface area contributed by atoms with Gasteiger partial charge in [0.05, 0.1) is 12.2 Å². The number of likely N-dealkylation sites (tertiary alicyclic amines) is 1. The van der Waals surface area contributed by atoms with E-state index in [0.29, 0.717) is 25.5 Å². The van der Waals surface area contributed by atoms with E-state index in [-0.39, 0.29) is 17.9 Å².